The second-order valence-electron chi connectivity index (χ2n) is 4.51. The van der Waals surface area contributed by atoms with Crippen molar-refractivity contribution >= 4 is 11.8 Å². The first-order chi connectivity index (χ1) is 9.11. The molecule has 1 N–H and O–H groups in total. The van der Waals surface area contributed by atoms with E-state index in [0.29, 0.717) is 13.2 Å². The summed E-state index contributed by atoms with van der Waals surface area (Å²) in [4.78, 5) is 24.3. The normalized spacial score (nSPS) is 19.1. The summed E-state index contributed by atoms with van der Waals surface area (Å²) in [6.07, 6.45) is 0.237. The van der Waals surface area contributed by atoms with Gasteiger partial charge in [0.1, 0.15) is 5.75 Å². The van der Waals surface area contributed by atoms with Crippen molar-refractivity contribution in [3.05, 3.63) is 29.8 Å². The first-order valence-corrected chi connectivity index (χ1v) is 6.37. The van der Waals surface area contributed by atoms with E-state index in [0.717, 1.165) is 11.3 Å². The molecule has 1 aliphatic rings. The zero-order valence-electron chi connectivity index (χ0n) is 11.2. The van der Waals surface area contributed by atoms with Crippen molar-refractivity contribution < 1.29 is 14.3 Å². The van der Waals surface area contributed by atoms with Gasteiger partial charge in [-0.05, 0) is 24.6 Å². The molecule has 0 saturated carbocycles. The standard InChI is InChI=1S/C14H18N2O3/c1-3-19-11-6-4-5-10(7-11)9-15-12-8-13(17)16(2)14(12)18/h4-7,12,15H,3,8-9H2,1-2H3. The summed E-state index contributed by atoms with van der Waals surface area (Å²) < 4.78 is 5.42. The molecule has 1 fully saturated rings. The highest BCUT2D eigenvalue weighted by molar-refractivity contribution is 6.05. The largest absolute Gasteiger partial charge is 0.494 e. The fraction of sp³-hybridized carbons (Fsp3) is 0.429. The Bertz CT molecular complexity index is 487. The SMILES string of the molecule is CCOc1cccc(CNC2CC(=O)N(C)C2=O)c1. The molecule has 1 saturated heterocycles. The van der Waals surface area contributed by atoms with Gasteiger partial charge >= 0.3 is 0 Å². The molecule has 2 amide bonds. The van der Waals surface area contributed by atoms with Crippen molar-refractivity contribution in [2.45, 2.75) is 25.9 Å². The summed E-state index contributed by atoms with van der Waals surface area (Å²) in [6, 6.07) is 7.29. The zero-order valence-corrected chi connectivity index (χ0v) is 11.2. The maximum atomic E-state index is 11.7. The molecule has 2 rings (SSSR count). The van der Waals surface area contributed by atoms with Crippen LogP contribution in [-0.4, -0.2) is 36.4 Å². The molecular formula is C14H18N2O3. The minimum absolute atomic E-state index is 0.134. The maximum Gasteiger partial charge on any atom is 0.246 e. The van der Waals surface area contributed by atoms with Crippen molar-refractivity contribution in [2.24, 2.45) is 0 Å². The summed E-state index contributed by atoms with van der Waals surface area (Å²) in [5.41, 5.74) is 1.03. The van der Waals surface area contributed by atoms with Crippen LogP contribution in [0.5, 0.6) is 5.75 Å². The quantitative estimate of drug-likeness (QED) is 0.802. The second-order valence-corrected chi connectivity index (χ2v) is 4.51. The van der Waals surface area contributed by atoms with Crippen LogP contribution in [0.3, 0.4) is 0 Å². The third kappa shape index (κ3) is 3.12. The predicted octanol–water partition coefficient (Wildman–Crippen LogP) is 0.932. The lowest BCUT2D eigenvalue weighted by atomic mass is 10.2. The van der Waals surface area contributed by atoms with Crippen LogP contribution in [0.4, 0.5) is 0 Å². The molecule has 19 heavy (non-hydrogen) atoms. The number of nitrogens with zero attached hydrogens (tertiary/aromatic N) is 1. The van der Waals surface area contributed by atoms with E-state index in [1.807, 2.05) is 31.2 Å². The topological polar surface area (TPSA) is 58.6 Å². The first kappa shape index (κ1) is 13.5. The molecule has 1 unspecified atom stereocenters. The molecule has 0 spiro atoms. The number of amides is 2. The van der Waals surface area contributed by atoms with Gasteiger partial charge in [0.2, 0.25) is 11.8 Å². The van der Waals surface area contributed by atoms with Crippen LogP contribution in [0.1, 0.15) is 18.9 Å². The summed E-state index contributed by atoms with van der Waals surface area (Å²) >= 11 is 0. The van der Waals surface area contributed by atoms with Crippen LogP contribution in [0.15, 0.2) is 24.3 Å². The van der Waals surface area contributed by atoms with Crippen LogP contribution in [0.2, 0.25) is 0 Å². The summed E-state index contributed by atoms with van der Waals surface area (Å²) in [7, 11) is 1.52. The van der Waals surface area contributed by atoms with Crippen molar-refractivity contribution in [1.82, 2.24) is 10.2 Å². The molecule has 0 radical (unpaired) electrons. The van der Waals surface area contributed by atoms with Gasteiger partial charge in [-0.3, -0.25) is 14.5 Å². The Morgan fingerprint density at radius 3 is 2.84 bits per heavy atom. The van der Waals surface area contributed by atoms with Crippen LogP contribution in [0.25, 0.3) is 0 Å². The van der Waals surface area contributed by atoms with Crippen molar-refractivity contribution in [3.63, 3.8) is 0 Å². The lowest BCUT2D eigenvalue weighted by molar-refractivity contribution is -0.137. The predicted molar refractivity (Wildman–Crippen MR) is 70.6 cm³/mol. The summed E-state index contributed by atoms with van der Waals surface area (Å²) in [6.45, 7) is 3.10. The molecule has 0 bridgehead atoms. The Balaban J connectivity index is 1.94. The molecule has 0 aromatic heterocycles. The molecule has 1 heterocycles. The minimum Gasteiger partial charge on any atom is -0.494 e. The van der Waals surface area contributed by atoms with E-state index in [1.165, 1.54) is 11.9 Å². The highest BCUT2D eigenvalue weighted by Gasteiger charge is 2.35. The number of hydrogen-bond acceptors (Lipinski definition) is 4. The average Bonchev–Trinajstić information content (AvgIpc) is 2.65. The number of nitrogens with one attached hydrogen (secondary N) is 1. The maximum absolute atomic E-state index is 11.7. The van der Waals surface area contributed by atoms with Gasteiger partial charge in [-0.15, -0.1) is 0 Å². The number of ether oxygens (including phenoxy) is 1. The molecule has 5 nitrogen and oxygen atoms in total. The average molecular weight is 262 g/mol. The van der Waals surface area contributed by atoms with E-state index in [-0.39, 0.29) is 18.2 Å². The number of likely N-dealkylation sites (tertiary alicyclic amines) is 1. The summed E-state index contributed by atoms with van der Waals surface area (Å²) in [5.74, 6) is 0.518. The van der Waals surface area contributed by atoms with E-state index in [1.54, 1.807) is 0 Å². The van der Waals surface area contributed by atoms with Gasteiger partial charge < -0.3 is 10.1 Å². The molecule has 1 aromatic rings. The van der Waals surface area contributed by atoms with Crippen LogP contribution < -0.4 is 10.1 Å². The van der Waals surface area contributed by atoms with Gasteiger partial charge in [0, 0.05) is 13.6 Å². The van der Waals surface area contributed by atoms with E-state index in [9.17, 15) is 9.59 Å². The molecule has 1 aliphatic heterocycles. The number of imide groups is 1. The lowest BCUT2D eigenvalue weighted by Crippen LogP contribution is -2.36. The van der Waals surface area contributed by atoms with Crippen LogP contribution in [-0.2, 0) is 16.1 Å². The smallest absolute Gasteiger partial charge is 0.246 e. The first-order valence-electron chi connectivity index (χ1n) is 6.37. The molecule has 1 atom stereocenters. The fourth-order valence-electron chi connectivity index (χ4n) is 2.07. The number of benzene rings is 1. The molecule has 5 heteroatoms. The Morgan fingerprint density at radius 1 is 1.42 bits per heavy atom. The van der Waals surface area contributed by atoms with Crippen LogP contribution in [0, 0.1) is 0 Å². The summed E-state index contributed by atoms with van der Waals surface area (Å²) in [5, 5.41) is 3.11. The number of carbonyl (C=O) groups excluding carboxylic acids is 2. The van der Waals surface area contributed by atoms with Gasteiger partial charge in [-0.2, -0.15) is 0 Å². The van der Waals surface area contributed by atoms with Gasteiger partial charge in [-0.25, -0.2) is 0 Å². The Morgan fingerprint density at radius 2 is 2.21 bits per heavy atom. The molecule has 0 aliphatic carbocycles. The minimum atomic E-state index is -0.409. The van der Waals surface area contributed by atoms with Crippen LogP contribution >= 0.6 is 0 Å². The van der Waals surface area contributed by atoms with Crippen molar-refractivity contribution in [2.75, 3.05) is 13.7 Å². The molecular weight excluding hydrogens is 244 g/mol. The molecule has 1 aromatic carbocycles. The van der Waals surface area contributed by atoms with Gasteiger partial charge in [0.25, 0.3) is 0 Å². The molecule has 102 valence electrons. The van der Waals surface area contributed by atoms with E-state index >= 15 is 0 Å². The second kappa shape index (κ2) is 5.84. The number of rotatable bonds is 5. The highest BCUT2D eigenvalue weighted by Crippen LogP contribution is 2.15. The third-order valence-electron chi connectivity index (χ3n) is 3.14. The lowest BCUT2D eigenvalue weighted by Gasteiger charge is -2.11. The monoisotopic (exact) mass is 262 g/mol. The van der Waals surface area contributed by atoms with Gasteiger partial charge in [0.05, 0.1) is 19.1 Å². The Hall–Kier alpha value is -1.88. The Kier molecular flexibility index (Phi) is 4.16. The van der Waals surface area contributed by atoms with Crippen molar-refractivity contribution in [3.8, 4) is 5.75 Å². The van der Waals surface area contributed by atoms with E-state index in [2.05, 4.69) is 5.32 Å². The van der Waals surface area contributed by atoms with E-state index in [4.69, 9.17) is 4.74 Å². The third-order valence-corrected chi connectivity index (χ3v) is 3.14. The van der Waals surface area contributed by atoms with E-state index < -0.39 is 6.04 Å². The Labute approximate surface area is 112 Å². The number of carbonyl (C=O) groups is 2. The highest BCUT2D eigenvalue weighted by atomic mass is 16.5. The number of hydrogen-bond donors (Lipinski definition) is 1. The fourth-order valence-corrected chi connectivity index (χ4v) is 2.07. The number of likely N-dealkylation sites (N-methyl/N-ethyl adjacent to an activating group) is 1. The van der Waals surface area contributed by atoms with Gasteiger partial charge in [-0.1, -0.05) is 12.1 Å². The van der Waals surface area contributed by atoms with Gasteiger partial charge in [0.15, 0.2) is 0 Å². The van der Waals surface area contributed by atoms with Crippen molar-refractivity contribution in [1.29, 1.82) is 0 Å². The zero-order chi connectivity index (χ0) is 13.8.